The van der Waals surface area contributed by atoms with Crippen LogP contribution in [-0.4, -0.2) is 115 Å². The normalized spacial score (nSPS) is 18.9. The van der Waals surface area contributed by atoms with Crippen molar-refractivity contribution in [2.24, 2.45) is 11.8 Å². The van der Waals surface area contributed by atoms with Gasteiger partial charge in [0.05, 0.1) is 22.4 Å². The molecule has 10 nitrogen and oxygen atoms in total. The number of aryl methyl sites for hydroxylation is 4. The lowest BCUT2D eigenvalue weighted by Crippen LogP contribution is -2.49. The highest BCUT2D eigenvalue weighted by Crippen LogP contribution is 2.43. The summed E-state index contributed by atoms with van der Waals surface area (Å²) in [5, 5.41) is 1.13. The van der Waals surface area contributed by atoms with Crippen LogP contribution in [-0.2, 0) is 25.9 Å². The van der Waals surface area contributed by atoms with E-state index < -0.39 is 0 Å². The number of hydrogen-bond acceptors (Lipinski definition) is 6. The highest BCUT2D eigenvalue weighted by Gasteiger charge is 2.36. The van der Waals surface area contributed by atoms with Gasteiger partial charge in [-0.2, -0.15) is 0 Å². The number of amides is 2. The van der Waals surface area contributed by atoms with Crippen molar-refractivity contribution in [3.05, 3.63) is 105 Å². The van der Waals surface area contributed by atoms with E-state index in [1.54, 1.807) is 6.07 Å². The zero-order valence-electron chi connectivity index (χ0n) is 43.8. The summed E-state index contributed by atoms with van der Waals surface area (Å²) in [7, 11) is 0. The summed E-state index contributed by atoms with van der Waals surface area (Å²) >= 11 is 0. The first-order valence-corrected chi connectivity index (χ1v) is 27.5. The van der Waals surface area contributed by atoms with Gasteiger partial charge in [-0.15, -0.1) is 0 Å². The molecule has 72 heavy (non-hydrogen) atoms. The molecule has 2 aromatic carbocycles. The maximum atomic E-state index is 16.2. The second kappa shape index (κ2) is 19.8. The van der Waals surface area contributed by atoms with Gasteiger partial charge < -0.3 is 18.9 Å². The largest absolute Gasteiger partial charge is 0.341 e. The third-order valence-electron chi connectivity index (χ3n) is 16.6. The van der Waals surface area contributed by atoms with Gasteiger partial charge in [-0.3, -0.25) is 29.4 Å². The molecule has 6 aromatic rings. The van der Waals surface area contributed by atoms with Gasteiger partial charge in [0.2, 0.25) is 0 Å². The maximum absolute atomic E-state index is 16.2. The van der Waals surface area contributed by atoms with E-state index in [1.165, 1.54) is 51.4 Å². The Bertz CT molecular complexity index is 3050. The molecule has 2 aliphatic heterocycles. The van der Waals surface area contributed by atoms with Crippen molar-refractivity contribution in [2.45, 2.75) is 144 Å². The van der Waals surface area contributed by atoms with Crippen LogP contribution in [0.2, 0.25) is 0 Å². The summed E-state index contributed by atoms with van der Waals surface area (Å²) < 4.78 is 36.3. The molecule has 12 rings (SSSR count). The minimum Gasteiger partial charge on any atom is -0.341 e. The molecule has 0 unspecified atom stereocenters. The fraction of sp³-hybridized carbons (Fsp3) is 0.533. The van der Waals surface area contributed by atoms with Gasteiger partial charge in [-0.05, 0) is 139 Å². The van der Waals surface area contributed by atoms with E-state index in [0.29, 0.717) is 39.4 Å². The van der Waals surface area contributed by atoms with Crippen LogP contribution in [0.3, 0.4) is 0 Å². The monoisotopic (exact) mass is 977 g/mol. The summed E-state index contributed by atoms with van der Waals surface area (Å²) in [6.07, 6.45) is 11.5. The van der Waals surface area contributed by atoms with Gasteiger partial charge in [0, 0.05) is 144 Å². The Labute approximate surface area is 424 Å². The molecule has 0 spiro atoms. The molecule has 0 N–H and O–H groups in total. The number of nitrogens with zero attached hydrogens (tertiary/aromatic N) is 8. The highest BCUT2D eigenvalue weighted by molar-refractivity contribution is 6.06. The van der Waals surface area contributed by atoms with Crippen molar-refractivity contribution in [3.63, 3.8) is 0 Å². The molecule has 4 aliphatic carbocycles. The molecule has 2 amide bonds. The smallest absolute Gasteiger partial charge is 0.253 e. The van der Waals surface area contributed by atoms with Gasteiger partial charge in [0.15, 0.2) is 11.6 Å². The lowest BCUT2D eigenvalue weighted by molar-refractivity contribution is 0.0621. The molecule has 2 saturated heterocycles. The molecular formula is C60H74F2N8O2. The van der Waals surface area contributed by atoms with Gasteiger partial charge >= 0.3 is 0 Å². The standard InChI is InChI=1S/C31H39FN4O.C29H35FN4O/c1-5-27-24(11-6-20(4)33-27)25-16-22(31(37)35-14-12-34(13-15-35)23-9-10-23)17-26-28(32)29(19(2)3)36(30(25)26)18-21-7-8-21;1-4-26-23(10-5-18(2)31-26)24-15-21(29(35)33-13-11-32(12-14-33)22-8-9-22)16-25-27(30)19(3)34(28(24)25)17-20-6-7-20/h6,11,16-17,19,21,23H,5,7-10,12-15,18H2,1-4H3;5,10,15-16,20,22H,4,6-9,11-14,17H2,1-3H3. The minimum atomic E-state index is -0.201. The van der Waals surface area contributed by atoms with Crippen molar-refractivity contribution in [1.29, 1.82) is 0 Å². The predicted molar refractivity (Wildman–Crippen MR) is 284 cm³/mol. The Morgan fingerprint density at radius 2 is 0.972 bits per heavy atom. The Morgan fingerprint density at radius 1 is 0.556 bits per heavy atom. The first-order valence-electron chi connectivity index (χ1n) is 27.5. The summed E-state index contributed by atoms with van der Waals surface area (Å²) in [4.78, 5) is 46.0. The quantitative estimate of drug-likeness (QED) is 0.115. The zero-order valence-corrected chi connectivity index (χ0v) is 43.8. The Kier molecular flexibility index (Phi) is 13.4. The van der Waals surface area contributed by atoms with Crippen LogP contribution in [0.15, 0.2) is 48.5 Å². The third-order valence-corrected chi connectivity index (χ3v) is 16.6. The van der Waals surface area contributed by atoms with Crippen LogP contribution in [0.5, 0.6) is 0 Å². The summed E-state index contributed by atoms with van der Waals surface area (Å²) in [6, 6.07) is 17.3. The molecular weight excluding hydrogens is 903 g/mol. The molecule has 4 saturated carbocycles. The van der Waals surface area contributed by atoms with Crippen LogP contribution in [0.1, 0.15) is 140 Å². The molecule has 6 heterocycles. The number of benzene rings is 2. The molecule has 0 bridgehead atoms. The topological polar surface area (TPSA) is 82.7 Å². The molecule has 0 atom stereocenters. The number of pyridine rings is 2. The Balaban J connectivity index is 0.000000156. The fourth-order valence-electron chi connectivity index (χ4n) is 11.9. The molecule has 380 valence electrons. The van der Waals surface area contributed by atoms with Crippen molar-refractivity contribution < 1.29 is 18.4 Å². The fourth-order valence-corrected chi connectivity index (χ4v) is 11.9. The number of rotatable bonds is 13. The first kappa shape index (κ1) is 48.8. The third kappa shape index (κ3) is 9.62. The second-order valence-electron chi connectivity index (χ2n) is 22.4. The number of piperazine rings is 2. The maximum Gasteiger partial charge on any atom is 0.253 e. The number of hydrogen-bond donors (Lipinski definition) is 0. The van der Waals surface area contributed by atoms with E-state index in [9.17, 15) is 9.59 Å². The van der Waals surface area contributed by atoms with Crippen LogP contribution in [0.4, 0.5) is 8.78 Å². The van der Waals surface area contributed by atoms with Crippen LogP contribution >= 0.6 is 0 Å². The van der Waals surface area contributed by atoms with Crippen molar-refractivity contribution in [2.75, 3.05) is 52.4 Å². The zero-order chi connectivity index (χ0) is 50.1. The van der Waals surface area contributed by atoms with E-state index in [0.717, 1.165) is 152 Å². The molecule has 4 aromatic heterocycles. The second-order valence-corrected chi connectivity index (χ2v) is 22.4. The predicted octanol–water partition coefficient (Wildman–Crippen LogP) is 11.5. The van der Waals surface area contributed by atoms with Crippen LogP contribution in [0, 0.1) is 44.2 Å². The highest BCUT2D eigenvalue weighted by atomic mass is 19.1. The van der Waals surface area contributed by atoms with E-state index in [2.05, 4.69) is 58.8 Å². The molecule has 0 radical (unpaired) electrons. The van der Waals surface area contributed by atoms with Gasteiger partial charge in [0.1, 0.15) is 0 Å². The lowest BCUT2D eigenvalue weighted by atomic mass is 9.96. The number of carbonyl (C=O) groups is 2. The van der Waals surface area contributed by atoms with Gasteiger partial charge in [-0.1, -0.05) is 39.8 Å². The molecule has 6 fully saturated rings. The minimum absolute atomic E-state index is 0.00807. The number of aromatic nitrogens is 4. The van der Waals surface area contributed by atoms with E-state index in [-0.39, 0.29) is 29.4 Å². The van der Waals surface area contributed by atoms with Crippen molar-refractivity contribution in [1.82, 2.24) is 38.7 Å². The SMILES string of the molecule is CCc1nc(C)ccc1-c1cc(C(=O)N2CCN(C3CC3)CC2)cc2c(F)c(C(C)C)n(CC3CC3)c12.CCc1nc(C)ccc1-c1cc(C(=O)N2CCN(C3CC3)CC2)cc2c(F)c(C)n(CC3CC3)c12. The van der Waals surface area contributed by atoms with Gasteiger partial charge in [-0.25, -0.2) is 8.78 Å². The van der Waals surface area contributed by atoms with E-state index >= 15 is 8.78 Å². The lowest BCUT2D eigenvalue weighted by Gasteiger charge is -2.35. The summed E-state index contributed by atoms with van der Waals surface area (Å²) in [5.41, 5.74) is 12.2. The summed E-state index contributed by atoms with van der Waals surface area (Å²) in [6.45, 7) is 22.5. The Morgan fingerprint density at radius 3 is 1.38 bits per heavy atom. The van der Waals surface area contributed by atoms with Gasteiger partial charge in [0.25, 0.3) is 11.8 Å². The van der Waals surface area contributed by atoms with Crippen molar-refractivity contribution >= 4 is 33.6 Å². The van der Waals surface area contributed by atoms with E-state index in [1.807, 2.05) is 60.9 Å². The number of fused-ring (bicyclic) bond motifs is 2. The van der Waals surface area contributed by atoms with Crippen molar-refractivity contribution in [3.8, 4) is 22.3 Å². The molecule has 6 aliphatic rings. The summed E-state index contributed by atoms with van der Waals surface area (Å²) in [5.74, 6) is 0.918. The van der Waals surface area contributed by atoms with Crippen LogP contribution in [0.25, 0.3) is 44.1 Å². The first-order chi connectivity index (χ1) is 34.8. The average molecular weight is 977 g/mol. The molecule has 12 heteroatoms. The number of halogens is 2. The number of carbonyl (C=O) groups excluding carboxylic acids is 2. The average Bonchev–Trinajstić information content (AvgIpc) is 4.17. The van der Waals surface area contributed by atoms with E-state index in [4.69, 9.17) is 9.97 Å². The Hall–Kier alpha value is -5.46. The van der Waals surface area contributed by atoms with Crippen LogP contribution < -0.4 is 0 Å².